The highest BCUT2D eigenvalue weighted by Crippen LogP contribution is 2.32. The molecular formula is C23H23NO. The van der Waals surface area contributed by atoms with Crippen molar-refractivity contribution in [3.63, 3.8) is 0 Å². The molecule has 0 amide bonds. The molecule has 0 aromatic heterocycles. The molecule has 1 unspecified atom stereocenters. The Hall–Kier alpha value is -2.79. The summed E-state index contributed by atoms with van der Waals surface area (Å²) in [4.78, 5) is 0. The van der Waals surface area contributed by atoms with Gasteiger partial charge in [0.2, 0.25) is 0 Å². The molecule has 3 aromatic carbocycles. The molecule has 0 aliphatic heterocycles. The van der Waals surface area contributed by atoms with Crippen LogP contribution >= 0.6 is 0 Å². The molecule has 2 nitrogen and oxygen atoms in total. The highest BCUT2D eigenvalue weighted by atomic mass is 16.5. The van der Waals surface area contributed by atoms with Gasteiger partial charge in [-0.05, 0) is 45.9 Å². The summed E-state index contributed by atoms with van der Waals surface area (Å²) in [5.74, 6) is 1.09. The van der Waals surface area contributed by atoms with Crippen molar-refractivity contribution in [3.05, 3.63) is 77.4 Å². The van der Waals surface area contributed by atoms with Gasteiger partial charge in [-0.3, -0.25) is 0 Å². The van der Waals surface area contributed by atoms with Crippen molar-refractivity contribution in [3.8, 4) is 11.8 Å². The SMILES string of the molecule is COc1ccc(C(C)C)cc1CC(C#N)c1cccc2ccccc12. The molecule has 0 fully saturated rings. The number of hydrogen-bond acceptors (Lipinski definition) is 2. The average Bonchev–Trinajstić information content (AvgIpc) is 2.65. The van der Waals surface area contributed by atoms with Gasteiger partial charge in [0, 0.05) is 0 Å². The highest BCUT2D eigenvalue weighted by molar-refractivity contribution is 5.86. The number of methoxy groups -OCH3 is 1. The maximum Gasteiger partial charge on any atom is 0.122 e. The van der Waals surface area contributed by atoms with Gasteiger partial charge in [0.25, 0.3) is 0 Å². The number of ether oxygens (including phenoxy) is 1. The van der Waals surface area contributed by atoms with E-state index in [1.807, 2.05) is 24.3 Å². The molecule has 25 heavy (non-hydrogen) atoms. The van der Waals surface area contributed by atoms with E-state index in [4.69, 9.17) is 4.74 Å². The van der Waals surface area contributed by atoms with Crippen LogP contribution in [-0.2, 0) is 6.42 Å². The van der Waals surface area contributed by atoms with Crippen LogP contribution in [0, 0.1) is 11.3 Å². The van der Waals surface area contributed by atoms with E-state index in [-0.39, 0.29) is 5.92 Å². The van der Waals surface area contributed by atoms with E-state index in [1.54, 1.807) is 7.11 Å². The Labute approximate surface area is 149 Å². The summed E-state index contributed by atoms with van der Waals surface area (Å²) < 4.78 is 5.54. The zero-order chi connectivity index (χ0) is 17.8. The summed E-state index contributed by atoms with van der Waals surface area (Å²) in [6.45, 7) is 4.36. The molecule has 1 atom stereocenters. The lowest BCUT2D eigenvalue weighted by Crippen LogP contribution is -2.04. The van der Waals surface area contributed by atoms with Crippen LogP contribution in [0.2, 0.25) is 0 Å². The van der Waals surface area contributed by atoms with Crippen molar-refractivity contribution >= 4 is 10.8 Å². The molecular weight excluding hydrogens is 306 g/mol. The topological polar surface area (TPSA) is 33.0 Å². The van der Waals surface area contributed by atoms with Gasteiger partial charge in [-0.1, -0.05) is 68.4 Å². The number of fused-ring (bicyclic) bond motifs is 1. The van der Waals surface area contributed by atoms with E-state index < -0.39 is 0 Å². The molecule has 0 spiro atoms. The van der Waals surface area contributed by atoms with Gasteiger partial charge in [0.15, 0.2) is 0 Å². The van der Waals surface area contributed by atoms with E-state index in [0.29, 0.717) is 12.3 Å². The minimum atomic E-state index is -0.206. The first-order chi connectivity index (χ1) is 12.1. The second-order valence-corrected chi connectivity index (χ2v) is 6.68. The first-order valence-electron chi connectivity index (χ1n) is 8.68. The lowest BCUT2D eigenvalue weighted by atomic mass is 9.88. The minimum absolute atomic E-state index is 0.206. The smallest absolute Gasteiger partial charge is 0.122 e. The van der Waals surface area contributed by atoms with Gasteiger partial charge >= 0.3 is 0 Å². The van der Waals surface area contributed by atoms with Gasteiger partial charge in [-0.15, -0.1) is 0 Å². The molecule has 126 valence electrons. The Morgan fingerprint density at radius 3 is 2.48 bits per heavy atom. The second kappa shape index (κ2) is 7.40. The molecule has 0 saturated heterocycles. The second-order valence-electron chi connectivity index (χ2n) is 6.68. The largest absolute Gasteiger partial charge is 0.496 e. The molecule has 0 saturated carbocycles. The predicted molar refractivity (Wildman–Crippen MR) is 103 cm³/mol. The first-order valence-corrected chi connectivity index (χ1v) is 8.68. The Morgan fingerprint density at radius 1 is 1.00 bits per heavy atom. The van der Waals surface area contributed by atoms with Crippen molar-refractivity contribution in [1.82, 2.24) is 0 Å². The number of benzene rings is 3. The number of hydrogen-bond donors (Lipinski definition) is 0. The molecule has 0 N–H and O–H groups in total. The molecule has 0 aliphatic rings. The summed E-state index contributed by atoms with van der Waals surface area (Å²) >= 11 is 0. The number of nitriles is 1. The number of nitrogens with zero attached hydrogens (tertiary/aromatic N) is 1. The third-order valence-corrected chi connectivity index (χ3v) is 4.75. The highest BCUT2D eigenvalue weighted by Gasteiger charge is 2.17. The zero-order valence-corrected chi connectivity index (χ0v) is 15.0. The van der Waals surface area contributed by atoms with E-state index in [0.717, 1.165) is 22.3 Å². The normalized spacial score (nSPS) is 12.1. The van der Waals surface area contributed by atoms with Crippen molar-refractivity contribution in [2.24, 2.45) is 0 Å². The molecule has 3 rings (SSSR count). The summed E-state index contributed by atoms with van der Waals surface area (Å²) in [6, 6.07) is 23.2. The van der Waals surface area contributed by atoms with Crippen LogP contribution in [0.25, 0.3) is 10.8 Å². The summed E-state index contributed by atoms with van der Waals surface area (Å²) in [6.07, 6.45) is 0.647. The van der Waals surface area contributed by atoms with Gasteiger partial charge in [0.1, 0.15) is 5.75 Å². The van der Waals surface area contributed by atoms with Gasteiger partial charge in [0.05, 0.1) is 19.1 Å². The standard InChI is InChI=1S/C23H23NO/c1-16(2)18-11-12-23(25-3)19(13-18)14-20(15-24)22-10-6-8-17-7-4-5-9-21(17)22/h4-13,16,20H,14H2,1-3H3. The molecule has 3 aromatic rings. The predicted octanol–water partition coefficient (Wildman–Crippen LogP) is 5.82. The molecule has 0 heterocycles. The van der Waals surface area contributed by atoms with Crippen LogP contribution in [0.3, 0.4) is 0 Å². The van der Waals surface area contributed by atoms with Crippen molar-refractivity contribution < 1.29 is 4.74 Å². The fourth-order valence-corrected chi connectivity index (χ4v) is 3.32. The maximum absolute atomic E-state index is 9.85. The van der Waals surface area contributed by atoms with Crippen molar-refractivity contribution in [1.29, 1.82) is 5.26 Å². The van der Waals surface area contributed by atoms with Gasteiger partial charge < -0.3 is 4.74 Å². The Balaban J connectivity index is 2.03. The quantitative estimate of drug-likeness (QED) is 0.590. The summed E-state index contributed by atoms with van der Waals surface area (Å²) in [5, 5.41) is 12.2. The fraction of sp³-hybridized carbons (Fsp3) is 0.261. The third-order valence-electron chi connectivity index (χ3n) is 4.75. The lowest BCUT2D eigenvalue weighted by molar-refractivity contribution is 0.409. The lowest BCUT2D eigenvalue weighted by Gasteiger charge is -2.17. The summed E-state index contributed by atoms with van der Waals surface area (Å²) in [5.41, 5.74) is 3.44. The van der Waals surface area contributed by atoms with Crippen LogP contribution in [-0.4, -0.2) is 7.11 Å². The summed E-state index contributed by atoms with van der Waals surface area (Å²) in [7, 11) is 1.69. The van der Waals surface area contributed by atoms with Crippen LogP contribution < -0.4 is 4.74 Å². The van der Waals surface area contributed by atoms with Gasteiger partial charge in [-0.2, -0.15) is 5.26 Å². The fourth-order valence-electron chi connectivity index (χ4n) is 3.32. The molecule has 0 aliphatic carbocycles. The average molecular weight is 329 g/mol. The Morgan fingerprint density at radius 2 is 1.76 bits per heavy atom. The maximum atomic E-state index is 9.85. The first kappa shape index (κ1) is 17.0. The van der Waals surface area contributed by atoms with E-state index in [9.17, 15) is 5.26 Å². The van der Waals surface area contributed by atoms with Crippen molar-refractivity contribution in [2.45, 2.75) is 32.1 Å². The molecule has 2 heteroatoms. The van der Waals surface area contributed by atoms with E-state index in [1.165, 1.54) is 10.9 Å². The number of rotatable bonds is 5. The minimum Gasteiger partial charge on any atom is -0.496 e. The van der Waals surface area contributed by atoms with Crippen LogP contribution in [0.5, 0.6) is 5.75 Å². The van der Waals surface area contributed by atoms with Gasteiger partial charge in [-0.25, -0.2) is 0 Å². The van der Waals surface area contributed by atoms with E-state index >= 15 is 0 Å². The third kappa shape index (κ3) is 3.51. The van der Waals surface area contributed by atoms with Crippen LogP contribution in [0.4, 0.5) is 0 Å². The van der Waals surface area contributed by atoms with Crippen LogP contribution in [0.1, 0.15) is 42.4 Å². The molecule has 0 radical (unpaired) electrons. The van der Waals surface area contributed by atoms with Crippen molar-refractivity contribution in [2.75, 3.05) is 7.11 Å². The Kier molecular flexibility index (Phi) is 5.05. The monoisotopic (exact) mass is 329 g/mol. The zero-order valence-electron chi connectivity index (χ0n) is 15.0. The molecule has 0 bridgehead atoms. The Bertz CT molecular complexity index is 916. The van der Waals surface area contributed by atoms with E-state index in [2.05, 4.69) is 56.3 Å². The van der Waals surface area contributed by atoms with Crippen LogP contribution in [0.15, 0.2) is 60.7 Å².